The van der Waals surface area contributed by atoms with Crippen LogP contribution in [0.25, 0.3) is 0 Å². The van der Waals surface area contributed by atoms with Crippen molar-refractivity contribution in [1.82, 2.24) is 0 Å². The van der Waals surface area contributed by atoms with Gasteiger partial charge in [-0.15, -0.1) is 0 Å². The molecule has 2 aromatic rings. The first-order chi connectivity index (χ1) is 9.40. The number of nitrogens with two attached hydrogens (primary N) is 1. The van der Waals surface area contributed by atoms with Crippen molar-refractivity contribution in [1.29, 1.82) is 0 Å². The predicted molar refractivity (Wildman–Crippen MR) is 71.8 cm³/mol. The van der Waals surface area contributed by atoms with Crippen LogP contribution in [0.4, 0.5) is 8.78 Å². The van der Waals surface area contributed by atoms with Gasteiger partial charge in [0.25, 0.3) is 0 Å². The normalized spacial score (nSPS) is 13.2. The molecule has 0 amide bonds. The highest BCUT2D eigenvalue weighted by Gasteiger charge is 2.21. The predicted octanol–water partition coefficient (Wildman–Crippen LogP) is 2.44. The topological polar surface area (TPSA) is 60.2 Å². The van der Waals surface area contributed by atoms with E-state index in [4.69, 9.17) is 5.73 Å². The van der Waals surface area contributed by atoms with Crippen molar-refractivity contribution >= 4 is 9.84 Å². The van der Waals surface area contributed by atoms with Crippen LogP contribution in [-0.4, -0.2) is 14.2 Å². The number of benzene rings is 2. The van der Waals surface area contributed by atoms with E-state index >= 15 is 0 Å². The summed E-state index contributed by atoms with van der Waals surface area (Å²) >= 11 is 0. The number of sulfone groups is 1. The maximum Gasteiger partial charge on any atom is 0.180 e. The Labute approximate surface area is 116 Å². The van der Waals surface area contributed by atoms with Gasteiger partial charge in [-0.2, -0.15) is 0 Å². The summed E-state index contributed by atoms with van der Waals surface area (Å²) in [4.78, 5) is -0.275. The molecule has 0 radical (unpaired) electrons. The highest BCUT2D eigenvalue weighted by atomic mass is 32.2. The van der Waals surface area contributed by atoms with Gasteiger partial charge in [-0.1, -0.05) is 30.3 Å². The van der Waals surface area contributed by atoms with Gasteiger partial charge < -0.3 is 5.73 Å². The molecule has 0 fully saturated rings. The van der Waals surface area contributed by atoms with Gasteiger partial charge in [-0.3, -0.25) is 0 Å². The minimum Gasteiger partial charge on any atom is -0.323 e. The van der Waals surface area contributed by atoms with Gasteiger partial charge >= 0.3 is 0 Å². The number of hydrogen-bond acceptors (Lipinski definition) is 3. The molecule has 0 aromatic heterocycles. The lowest BCUT2D eigenvalue weighted by atomic mass is 10.1. The molecule has 0 saturated heterocycles. The van der Waals surface area contributed by atoms with E-state index in [1.165, 1.54) is 0 Å². The van der Waals surface area contributed by atoms with E-state index in [9.17, 15) is 17.2 Å². The molecule has 2 aromatic carbocycles. The Bertz CT molecular complexity index is 702. The van der Waals surface area contributed by atoms with Crippen molar-refractivity contribution in [2.24, 2.45) is 5.73 Å². The van der Waals surface area contributed by atoms with E-state index < -0.39 is 27.5 Å². The maximum atomic E-state index is 13.1. The fourth-order valence-electron chi connectivity index (χ4n) is 1.80. The van der Waals surface area contributed by atoms with Crippen LogP contribution in [0, 0.1) is 11.6 Å². The van der Waals surface area contributed by atoms with Gasteiger partial charge in [0, 0.05) is 6.04 Å². The molecule has 0 heterocycles. The molecule has 0 aliphatic heterocycles. The fourth-order valence-corrected chi connectivity index (χ4v) is 3.22. The smallest absolute Gasteiger partial charge is 0.180 e. The molecule has 0 saturated carbocycles. The first-order valence-electron chi connectivity index (χ1n) is 5.88. The number of halogens is 2. The van der Waals surface area contributed by atoms with Crippen molar-refractivity contribution in [2.45, 2.75) is 10.9 Å². The van der Waals surface area contributed by atoms with Crippen LogP contribution in [0.15, 0.2) is 53.4 Å². The van der Waals surface area contributed by atoms with Gasteiger partial charge in [-0.25, -0.2) is 17.2 Å². The van der Waals surface area contributed by atoms with E-state index in [1.807, 2.05) is 0 Å². The summed E-state index contributed by atoms with van der Waals surface area (Å²) in [5, 5.41) is 0. The van der Waals surface area contributed by atoms with Gasteiger partial charge in [0.15, 0.2) is 21.5 Å². The highest BCUT2D eigenvalue weighted by molar-refractivity contribution is 7.91. The molecule has 1 unspecified atom stereocenters. The Morgan fingerprint density at radius 1 is 1.00 bits per heavy atom. The summed E-state index contributed by atoms with van der Waals surface area (Å²) in [5.74, 6) is -2.65. The lowest BCUT2D eigenvalue weighted by Crippen LogP contribution is -2.22. The van der Waals surface area contributed by atoms with Crippen LogP contribution < -0.4 is 5.73 Å². The van der Waals surface area contributed by atoms with Crippen LogP contribution >= 0.6 is 0 Å². The first-order valence-corrected chi connectivity index (χ1v) is 7.54. The average Bonchev–Trinajstić information content (AvgIpc) is 2.42. The highest BCUT2D eigenvalue weighted by Crippen LogP contribution is 2.20. The summed E-state index contributed by atoms with van der Waals surface area (Å²) in [7, 11) is -3.78. The first kappa shape index (κ1) is 14.6. The van der Waals surface area contributed by atoms with Crippen LogP contribution in [0.2, 0.25) is 0 Å². The molecule has 2 rings (SSSR count). The fraction of sp³-hybridized carbons (Fsp3) is 0.143. The molecule has 1 atom stereocenters. The summed E-state index contributed by atoms with van der Waals surface area (Å²) in [6.07, 6.45) is 0. The molecule has 3 nitrogen and oxygen atoms in total. The molecule has 6 heteroatoms. The molecule has 0 spiro atoms. The van der Waals surface area contributed by atoms with Crippen LogP contribution in [0.3, 0.4) is 0 Å². The third-order valence-corrected chi connectivity index (χ3v) is 4.65. The Morgan fingerprint density at radius 3 is 2.25 bits per heavy atom. The second-order valence-electron chi connectivity index (χ2n) is 4.37. The molecule has 20 heavy (non-hydrogen) atoms. The number of rotatable bonds is 4. The summed E-state index contributed by atoms with van der Waals surface area (Å²) in [6.45, 7) is 0. The second kappa shape index (κ2) is 5.68. The van der Waals surface area contributed by atoms with Gasteiger partial charge in [0.2, 0.25) is 0 Å². The van der Waals surface area contributed by atoms with Crippen molar-refractivity contribution in [2.75, 3.05) is 5.75 Å². The van der Waals surface area contributed by atoms with E-state index in [0.29, 0.717) is 11.6 Å². The minimum atomic E-state index is -3.78. The minimum absolute atomic E-state index is 0.275. The third-order valence-electron chi connectivity index (χ3n) is 2.88. The van der Waals surface area contributed by atoms with Gasteiger partial charge in [0.05, 0.1) is 10.6 Å². The maximum absolute atomic E-state index is 13.1. The molecular weight excluding hydrogens is 284 g/mol. The monoisotopic (exact) mass is 297 g/mol. The molecular formula is C14H13F2NO2S. The Kier molecular flexibility index (Phi) is 4.15. The Balaban J connectivity index is 2.25. The zero-order valence-electron chi connectivity index (χ0n) is 10.5. The van der Waals surface area contributed by atoms with E-state index in [1.54, 1.807) is 30.3 Å². The van der Waals surface area contributed by atoms with Crippen LogP contribution in [-0.2, 0) is 9.84 Å². The van der Waals surface area contributed by atoms with E-state index in [-0.39, 0.29) is 10.6 Å². The Hall–Kier alpha value is -1.79. The van der Waals surface area contributed by atoms with Crippen LogP contribution in [0.5, 0.6) is 0 Å². The zero-order valence-corrected chi connectivity index (χ0v) is 11.3. The lowest BCUT2D eigenvalue weighted by Gasteiger charge is -2.12. The summed E-state index contributed by atoms with van der Waals surface area (Å²) in [5.41, 5.74) is 6.50. The number of hydrogen-bond donors (Lipinski definition) is 1. The van der Waals surface area contributed by atoms with Crippen molar-refractivity contribution in [3.63, 3.8) is 0 Å². The SMILES string of the molecule is NC(CS(=O)(=O)c1ccc(F)c(F)c1)c1ccccc1. The largest absolute Gasteiger partial charge is 0.323 e. The van der Waals surface area contributed by atoms with Crippen LogP contribution in [0.1, 0.15) is 11.6 Å². The molecule has 106 valence electrons. The van der Waals surface area contributed by atoms with Gasteiger partial charge in [0.1, 0.15) is 0 Å². The second-order valence-corrected chi connectivity index (χ2v) is 6.41. The summed E-state index contributed by atoms with van der Waals surface area (Å²) < 4.78 is 50.1. The molecule has 0 bridgehead atoms. The van der Waals surface area contributed by atoms with Crippen molar-refractivity contribution in [3.8, 4) is 0 Å². The standard InChI is InChI=1S/C14H13F2NO2S/c15-12-7-6-11(8-13(12)16)20(18,19)9-14(17)10-4-2-1-3-5-10/h1-8,14H,9,17H2. The molecule has 0 aliphatic rings. The Morgan fingerprint density at radius 2 is 1.65 bits per heavy atom. The van der Waals surface area contributed by atoms with E-state index in [0.717, 1.165) is 12.1 Å². The van der Waals surface area contributed by atoms with Crippen molar-refractivity contribution < 1.29 is 17.2 Å². The third kappa shape index (κ3) is 3.20. The molecule has 2 N–H and O–H groups in total. The lowest BCUT2D eigenvalue weighted by molar-refractivity contribution is 0.504. The molecule has 0 aliphatic carbocycles. The van der Waals surface area contributed by atoms with E-state index in [2.05, 4.69) is 0 Å². The quantitative estimate of drug-likeness (QED) is 0.882. The average molecular weight is 297 g/mol. The van der Waals surface area contributed by atoms with Crippen molar-refractivity contribution in [3.05, 3.63) is 65.7 Å². The van der Waals surface area contributed by atoms with Gasteiger partial charge in [-0.05, 0) is 23.8 Å². The zero-order chi connectivity index (χ0) is 14.8. The summed E-state index contributed by atoms with van der Waals surface area (Å²) in [6, 6.07) is 10.5.